The molecule has 1 aromatic carbocycles. The molecule has 0 saturated heterocycles. The van der Waals surface area contributed by atoms with Crippen LogP contribution in [0.2, 0.25) is 0 Å². The fourth-order valence-electron chi connectivity index (χ4n) is 2.36. The molecule has 0 spiro atoms. The molecule has 3 N–H and O–H groups in total. The van der Waals surface area contributed by atoms with Crippen molar-refractivity contribution in [2.24, 2.45) is 0 Å². The second kappa shape index (κ2) is 4.80. The Morgan fingerprint density at radius 2 is 2.26 bits per heavy atom. The maximum Gasteiger partial charge on any atom is 0.129 e. The van der Waals surface area contributed by atoms with Crippen molar-refractivity contribution in [2.45, 2.75) is 19.4 Å². The highest BCUT2D eigenvalue weighted by Crippen LogP contribution is 2.28. The summed E-state index contributed by atoms with van der Waals surface area (Å²) < 4.78 is 5.88. The molecule has 0 radical (unpaired) electrons. The second-order valence-electron chi connectivity index (χ2n) is 4.87. The molecule has 4 nitrogen and oxygen atoms in total. The lowest BCUT2D eigenvalue weighted by Crippen LogP contribution is -2.24. The lowest BCUT2D eigenvalue weighted by Gasteiger charge is -2.13. The van der Waals surface area contributed by atoms with Crippen LogP contribution in [0.3, 0.4) is 0 Å². The summed E-state index contributed by atoms with van der Waals surface area (Å²) in [6, 6.07) is 10.1. The van der Waals surface area contributed by atoms with E-state index >= 15 is 0 Å². The largest absolute Gasteiger partial charge is 0.488 e. The highest BCUT2D eigenvalue weighted by atomic mass is 16.5. The number of aryl methyl sites for hydroxylation is 1. The third-order valence-corrected chi connectivity index (χ3v) is 3.31. The monoisotopic (exact) mass is 255 g/mol. The first-order chi connectivity index (χ1) is 9.22. The SMILES string of the molecule is Cc1cc(N)cnc1NCC1Cc2ccccc2O1. The van der Waals surface area contributed by atoms with Crippen molar-refractivity contribution in [3.63, 3.8) is 0 Å². The zero-order chi connectivity index (χ0) is 13.2. The minimum atomic E-state index is 0.163. The van der Waals surface area contributed by atoms with Gasteiger partial charge in [-0.3, -0.25) is 0 Å². The van der Waals surface area contributed by atoms with Gasteiger partial charge in [-0.15, -0.1) is 0 Å². The summed E-state index contributed by atoms with van der Waals surface area (Å²) in [7, 11) is 0. The number of nitrogen functional groups attached to an aromatic ring is 1. The van der Waals surface area contributed by atoms with E-state index < -0.39 is 0 Å². The molecule has 1 unspecified atom stereocenters. The molecule has 1 aliphatic rings. The quantitative estimate of drug-likeness (QED) is 0.884. The number of para-hydroxylation sites is 1. The predicted octanol–water partition coefficient (Wildman–Crippen LogP) is 2.39. The first-order valence-corrected chi connectivity index (χ1v) is 6.43. The summed E-state index contributed by atoms with van der Waals surface area (Å²) >= 11 is 0. The van der Waals surface area contributed by atoms with Gasteiger partial charge in [-0.05, 0) is 30.2 Å². The molecule has 2 aromatic rings. The van der Waals surface area contributed by atoms with E-state index in [1.54, 1.807) is 6.20 Å². The molecule has 1 aromatic heterocycles. The van der Waals surface area contributed by atoms with Crippen LogP contribution in [0.15, 0.2) is 36.5 Å². The Bertz CT molecular complexity index is 573. The van der Waals surface area contributed by atoms with Gasteiger partial charge in [0.25, 0.3) is 0 Å². The lowest BCUT2D eigenvalue weighted by molar-refractivity contribution is 0.246. The Balaban J connectivity index is 1.63. The van der Waals surface area contributed by atoms with Crippen molar-refractivity contribution < 1.29 is 4.74 Å². The number of fused-ring (bicyclic) bond motifs is 1. The predicted molar refractivity (Wildman–Crippen MR) is 76.4 cm³/mol. The standard InChI is InChI=1S/C15H17N3O/c1-10-6-12(16)8-17-15(10)18-9-13-7-11-4-2-3-5-14(11)19-13/h2-6,8,13H,7,9,16H2,1H3,(H,17,18). The van der Waals surface area contributed by atoms with Crippen LogP contribution in [0, 0.1) is 6.92 Å². The third-order valence-electron chi connectivity index (χ3n) is 3.31. The van der Waals surface area contributed by atoms with Gasteiger partial charge in [0.05, 0.1) is 18.4 Å². The first-order valence-electron chi connectivity index (χ1n) is 6.43. The van der Waals surface area contributed by atoms with E-state index in [0.29, 0.717) is 5.69 Å². The molecule has 3 rings (SSSR count). The molecule has 2 heterocycles. The molecule has 1 atom stereocenters. The van der Waals surface area contributed by atoms with Crippen LogP contribution < -0.4 is 15.8 Å². The summed E-state index contributed by atoms with van der Waals surface area (Å²) in [5.41, 5.74) is 8.70. The smallest absolute Gasteiger partial charge is 0.129 e. The van der Waals surface area contributed by atoms with Gasteiger partial charge in [-0.1, -0.05) is 18.2 Å². The van der Waals surface area contributed by atoms with Crippen molar-refractivity contribution >= 4 is 11.5 Å². The lowest BCUT2D eigenvalue weighted by atomic mass is 10.1. The number of nitrogens with two attached hydrogens (primary N) is 1. The Labute approximate surface area is 112 Å². The third kappa shape index (κ3) is 2.47. The number of nitrogens with one attached hydrogen (secondary N) is 1. The van der Waals surface area contributed by atoms with Gasteiger partial charge in [-0.25, -0.2) is 4.98 Å². The van der Waals surface area contributed by atoms with Crippen LogP contribution in [0.1, 0.15) is 11.1 Å². The van der Waals surface area contributed by atoms with Gasteiger partial charge >= 0.3 is 0 Å². The summed E-state index contributed by atoms with van der Waals surface area (Å²) in [6.45, 7) is 2.74. The average Bonchev–Trinajstić information content (AvgIpc) is 2.80. The fourth-order valence-corrected chi connectivity index (χ4v) is 2.36. The first kappa shape index (κ1) is 11.8. The number of anilines is 2. The number of rotatable bonds is 3. The number of benzene rings is 1. The van der Waals surface area contributed by atoms with E-state index in [1.165, 1.54) is 5.56 Å². The maximum absolute atomic E-state index is 5.88. The van der Waals surface area contributed by atoms with Crippen LogP contribution in [-0.2, 0) is 6.42 Å². The minimum Gasteiger partial charge on any atom is -0.488 e. The minimum absolute atomic E-state index is 0.163. The van der Waals surface area contributed by atoms with Crippen molar-refractivity contribution in [3.05, 3.63) is 47.7 Å². The van der Waals surface area contributed by atoms with Crippen molar-refractivity contribution in [1.82, 2.24) is 4.98 Å². The van der Waals surface area contributed by atoms with Crippen molar-refractivity contribution in [1.29, 1.82) is 0 Å². The Morgan fingerprint density at radius 3 is 3.05 bits per heavy atom. The number of hydrogen-bond donors (Lipinski definition) is 2. The highest BCUT2D eigenvalue weighted by Gasteiger charge is 2.22. The number of nitrogens with zero attached hydrogens (tertiary/aromatic N) is 1. The molecule has 98 valence electrons. The Hall–Kier alpha value is -2.23. The number of hydrogen-bond acceptors (Lipinski definition) is 4. The van der Waals surface area contributed by atoms with Gasteiger partial charge in [-0.2, -0.15) is 0 Å². The van der Waals surface area contributed by atoms with Crippen LogP contribution in [0.25, 0.3) is 0 Å². The van der Waals surface area contributed by atoms with E-state index in [0.717, 1.165) is 30.1 Å². The van der Waals surface area contributed by atoms with Gasteiger partial charge in [0.15, 0.2) is 0 Å². The summed E-state index contributed by atoms with van der Waals surface area (Å²) in [5, 5.41) is 3.33. The van der Waals surface area contributed by atoms with Crippen LogP contribution in [0.5, 0.6) is 5.75 Å². The Kier molecular flexibility index (Phi) is 2.99. The molecule has 0 fully saturated rings. The molecule has 0 aliphatic carbocycles. The summed E-state index contributed by atoms with van der Waals surface area (Å²) in [5.74, 6) is 1.87. The van der Waals surface area contributed by atoms with E-state index in [-0.39, 0.29) is 6.10 Å². The van der Waals surface area contributed by atoms with E-state index in [9.17, 15) is 0 Å². The van der Waals surface area contributed by atoms with Gasteiger partial charge in [0.1, 0.15) is 17.7 Å². The second-order valence-corrected chi connectivity index (χ2v) is 4.87. The summed E-state index contributed by atoms with van der Waals surface area (Å²) in [6.07, 6.45) is 2.77. The number of aromatic nitrogens is 1. The maximum atomic E-state index is 5.88. The van der Waals surface area contributed by atoms with E-state index in [1.807, 2.05) is 31.2 Å². The topological polar surface area (TPSA) is 60.2 Å². The normalized spacial score (nSPS) is 16.8. The molecule has 0 amide bonds. The highest BCUT2D eigenvalue weighted by molar-refractivity contribution is 5.51. The van der Waals surface area contributed by atoms with E-state index in [4.69, 9.17) is 10.5 Å². The molecule has 1 aliphatic heterocycles. The molecule has 0 saturated carbocycles. The molecule has 4 heteroatoms. The zero-order valence-corrected chi connectivity index (χ0v) is 10.9. The Morgan fingerprint density at radius 1 is 1.42 bits per heavy atom. The molecule has 19 heavy (non-hydrogen) atoms. The number of ether oxygens (including phenoxy) is 1. The fraction of sp³-hybridized carbons (Fsp3) is 0.267. The molecular formula is C15H17N3O. The summed E-state index contributed by atoms with van der Waals surface area (Å²) in [4.78, 5) is 4.30. The number of pyridine rings is 1. The van der Waals surface area contributed by atoms with Crippen LogP contribution in [0.4, 0.5) is 11.5 Å². The zero-order valence-electron chi connectivity index (χ0n) is 10.9. The van der Waals surface area contributed by atoms with Crippen LogP contribution >= 0.6 is 0 Å². The van der Waals surface area contributed by atoms with Gasteiger partial charge < -0.3 is 15.8 Å². The van der Waals surface area contributed by atoms with Gasteiger partial charge in [0, 0.05) is 6.42 Å². The molecule has 0 bridgehead atoms. The molecular weight excluding hydrogens is 238 g/mol. The van der Waals surface area contributed by atoms with Gasteiger partial charge in [0.2, 0.25) is 0 Å². The van der Waals surface area contributed by atoms with E-state index in [2.05, 4.69) is 16.4 Å². The van der Waals surface area contributed by atoms with Crippen molar-refractivity contribution in [2.75, 3.05) is 17.6 Å². The van der Waals surface area contributed by atoms with Crippen LogP contribution in [-0.4, -0.2) is 17.6 Å². The average molecular weight is 255 g/mol. The van der Waals surface area contributed by atoms with Crippen molar-refractivity contribution in [3.8, 4) is 5.75 Å².